The van der Waals surface area contributed by atoms with Crippen molar-refractivity contribution in [2.24, 2.45) is 4.99 Å². The lowest BCUT2D eigenvalue weighted by molar-refractivity contribution is -0.139. The molecule has 2 heterocycles. The van der Waals surface area contributed by atoms with Gasteiger partial charge in [-0.3, -0.25) is 9.36 Å². The minimum Gasteiger partial charge on any atom is -0.496 e. The normalized spacial score (nSPS) is 15.6. The lowest BCUT2D eigenvalue weighted by atomic mass is 9.90. The maximum atomic E-state index is 13.8. The van der Waals surface area contributed by atoms with Crippen LogP contribution in [0.4, 0.5) is 0 Å². The zero-order chi connectivity index (χ0) is 24.5. The SMILES string of the molecule is CCOC(=O)C1=C(C)N=c2s/c(=C/c3ccccc3)c(=O)n2[C@H]1c1c(OC)ccc2ccccc12. The van der Waals surface area contributed by atoms with Crippen LogP contribution in [0, 0.1) is 0 Å². The first-order valence-corrected chi connectivity index (χ1v) is 12.2. The number of carbonyl (C=O) groups excluding carboxylic acids is 1. The quantitative estimate of drug-likeness (QED) is 0.402. The van der Waals surface area contributed by atoms with Crippen molar-refractivity contribution in [3.05, 3.63) is 109 Å². The number of benzene rings is 3. The van der Waals surface area contributed by atoms with Crippen molar-refractivity contribution in [1.29, 1.82) is 0 Å². The maximum absolute atomic E-state index is 13.8. The van der Waals surface area contributed by atoms with Gasteiger partial charge in [-0.1, -0.05) is 72.0 Å². The summed E-state index contributed by atoms with van der Waals surface area (Å²) < 4.78 is 13.3. The summed E-state index contributed by atoms with van der Waals surface area (Å²) in [5.41, 5.74) is 2.29. The van der Waals surface area contributed by atoms with Crippen molar-refractivity contribution in [1.82, 2.24) is 4.57 Å². The van der Waals surface area contributed by atoms with Crippen LogP contribution in [0.15, 0.2) is 87.8 Å². The molecule has 0 saturated heterocycles. The molecule has 176 valence electrons. The van der Waals surface area contributed by atoms with E-state index in [1.54, 1.807) is 25.5 Å². The summed E-state index contributed by atoms with van der Waals surface area (Å²) in [6.07, 6.45) is 1.85. The fourth-order valence-electron chi connectivity index (χ4n) is 4.50. The van der Waals surface area contributed by atoms with E-state index in [4.69, 9.17) is 9.47 Å². The van der Waals surface area contributed by atoms with E-state index >= 15 is 0 Å². The maximum Gasteiger partial charge on any atom is 0.338 e. The second-order valence-corrected chi connectivity index (χ2v) is 9.12. The first-order chi connectivity index (χ1) is 17.0. The van der Waals surface area contributed by atoms with Crippen LogP contribution in [0.5, 0.6) is 5.75 Å². The zero-order valence-corrected chi connectivity index (χ0v) is 20.5. The number of nitrogens with zero attached hydrogens (tertiary/aromatic N) is 2. The van der Waals surface area contributed by atoms with E-state index in [0.717, 1.165) is 21.9 Å². The standard InChI is InChI=1S/C28H24N2O4S/c1-4-34-27(32)23-17(2)29-28-30(26(31)22(35-28)16-18-10-6-5-7-11-18)25(23)24-20-13-9-8-12-19(20)14-15-21(24)33-3/h5-16,25H,4H2,1-3H3/b22-16+/t25-/m1/s1. The summed E-state index contributed by atoms with van der Waals surface area (Å²) in [4.78, 5) is 32.3. The fraction of sp³-hybridized carbons (Fsp3) is 0.179. The molecule has 0 aliphatic carbocycles. The molecule has 0 bridgehead atoms. The molecule has 0 radical (unpaired) electrons. The monoisotopic (exact) mass is 484 g/mol. The van der Waals surface area contributed by atoms with Crippen molar-refractivity contribution in [3.63, 3.8) is 0 Å². The number of hydrogen-bond acceptors (Lipinski definition) is 6. The molecule has 1 aliphatic heterocycles. The molecular formula is C28H24N2O4S. The van der Waals surface area contributed by atoms with Gasteiger partial charge in [0.15, 0.2) is 4.80 Å². The topological polar surface area (TPSA) is 69.9 Å². The highest BCUT2D eigenvalue weighted by Gasteiger charge is 2.36. The van der Waals surface area contributed by atoms with Gasteiger partial charge in [-0.05, 0) is 42.3 Å². The van der Waals surface area contributed by atoms with Gasteiger partial charge in [0.1, 0.15) is 11.8 Å². The number of methoxy groups -OCH3 is 1. The number of fused-ring (bicyclic) bond motifs is 2. The van der Waals surface area contributed by atoms with Gasteiger partial charge < -0.3 is 9.47 Å². The summed E-state index contributed by atoms with van der Waals surface area (Å²) >= 11 is 1.31. The Hall–Kier alpha value is -3.97. The second kappa shape index (κ2) is 9.35. The first kappa shape index (κ1) is 22.8. The van der Waals surface area contributed by atoms with E-state index in [1.807, 2.05) is 72.8 Å². The van der Waals surface area contributed by atoms with Gasteiger partial charge in [-0.2, -0.15) is 0 Å². The molecule has 0 amide bonds. The molecule has 0 N–H and O–H groups in total. The number of carbonyl (C=O) groups is 1. The Morgan fingerprint density at radius 1 is 1.09 bits per heavy atom. The summed E-state index contributed by atoms with van der Waals surface area (Å²) in [6, 6.07) is 20.6. The first-order valence-electron chi connectivity index (χ1n) is 11.3. The third kappa shape index (κ3) is 3.98. The van der Waals surface area contributed by atoms with Gasteiger partial charge in [-0.25, -0.2) is 9.79 Å². The number of hydrogen-bond donors (Lipinski definition) is 0. The minimum atomic E-state index is -0.746. The molecular weight excluding hydrogens is 460 g/mol. The molecule has 35 heavy (non-hydrogen) atoms. The van der Waals surface area contributed by atoms with Crippen LogP contribution in [-0.2, 0) is 9.53 Å². The Bertz CT molecular complexity index is 1650. The Morgan fingerprint density at radius 2 is 1.83 bits per heavy atom. The van der Waals surface area contributed by atoms with Gasteiger partial charge >= 0.3 is 5.97 Å². The van der Waals surface area contributed by atoms with Crippen LogP contribution in [0.3, 0.4) is 0 Å². The van der Waals surface area contributed by atoms with Crippen LogP contribution in [-0.4, -0.2) is 24.3 Å². The number of ether oxygens (including phenoxy) is 2. The highest BCUT2D eigenvalue weighted by Crippen LogP contribution is 2.40. The van der Waals surface area contributed by atoms with Crippen LogP contribution < -0.4 is 19.6 Å². The number of aromatic nitrogens is 1. The molecule has 4 aromatic rings. The largest absolute Gasteiger partial charge is 0.496 e. The van der Waals surface area contributed by atoms with E-state index in [2.05, 4.69) is 4.99 Å². The zero-order valence-electron chi connectivity index (χ0n) is 19.6. The molecule has 0 fully saturated rings. The number of esters is 1. The predicted octanol–water partition coefficient (Wildman–Crippen LogP) is 3.96. The summed E-state index contributed by atoms with van der Waals surface area (Å²) in [6.45, 7) is 3.76. The Morgan fingerprint density at radius 3 is 2.57 bits per heavy atom. The molecule has 3 aromatic carbocycles. The highest BCUT2D eigenvalue weighted by atomic mass is 32.1. The van der Waals surface area contributed by atoms with Crippen LogP contribution in [0.25, 0.3) is 16.8 Å². The highest BCUT2D eigenvalue weighted by molar-refractivity contribution is 7.07. The lowest BCUT2D eigenvalue weighted by Crippen LogP contribution is -2.40. The van der Waals surface area contributed by atoms with E-state index in [9.17, 15) is 9.59 Å². The van der Waals surface area contributed by atoms with Crippen molar-refractivity contribution in [2.75, 3.05) is 13.7 Å². The number of thiazole rings is 1. The average Bonchev–Trinajstić information content (AvgIpc) is 3.17. The third-order valence-corrected chi connectivity index (χ3v) is 7.02. The van der Waals surface area contributed by atoms with Gasteiger partial charge in [0.25, 0.3) is 5.56 Å². The molecule has 0 spiro atoms. The van der Waals surface area contributed by atoms with E-state index < -0.39 is 12.0 Å². The van der Waals surface area contributed by atoms with Crippen LogP contribution >= 0.6 is 11.3 Å². The van der Waals surface area contributed by atoms with Crippen molar-refractivity contribution in [3.8, 4) is 5.75 Å². The van der Waals surface area contributed by atoms with Crippen LogP contribution in [0.2, 0.25) is 0 Å². The predicted molar refractivity (Wildman–Crippen MR) is 137 cm³/mol. The Labute approximate surface area is 206 Å². The van der Waals surface area contributed by atoms with Crippen LogP contribution in [0.1, 0.15) is 31.0 Å². The lowest BCUT2D eigenvalue weighted by Gasteiger charge is -2.27. The smallest absolute Gasteiger partial charge is 0.338 e. The molecule has 1 aromatic heterocycles. The van der Waals surface area contributed by atoms with E-state index in [0.29, 0.717) is 26.4 Å². The Balaban J connectivity index is 1.86. The van der Waals surface area contributed by atoms with Gasteiger partial charge in [-0.15, -0.1) is 0 Å². The molecule has 6 nitrogen and oxygen atoms in total. The van der Waals surface area contributed by atoms with Crippen molar-refractivity contribution < 1.29 is 14.3 Å². The summed E-state index contributed by atoms with van der Waals surface area (Å²) in [5, 5.41) is 1.87. The van der Waals surface area contributed by atoms with E-state index in [-0.39, 0.29) is 12.2 Å². The molecule has 1 atom stereocenters. The summed E-state index contributed by atoms with van der Waals surface area (Å²) in [5.74, 6) is 0.0916. The molecule has 0 saturated carbocycles. The molecule has 5 rings (SSSR count). The van der Waals surface area contributed by atoms with Gasteiger partial charge in [0.05, 0.1) is 29.5 Å². The molecule has 7 heteroatoms. The van der Waals surface area contributed by atoms with Crippen molar-refractivity contribution >= 4 is 34.2 Å². The van der Waals surface area contributed by atoms with Gasteiger partial charge in [0.2, 0.25) is 0 Å². The fourth-order valence-corrected chi connectivity index (χ4v) is 5.55. The second-order valence-electron chi connectivity index (χ2n) is 8.12. The third-order valence-electron chi connectivity index (χ3n) is 6.04. The number of rotatable bonds is 5. The van der Waals surface area contributed by atoms with Gasteiger partial charge in [0, 0.05) is 5.56 Å². The average molecular weight is 485 g/mol. The number of allylic oxidation sites excluding steroid dienone is 1. The molecule has 1 aliphatic rings. The summed E-state index contributed by atoms with van der Waals surface area (Å²) in [7, 11) is 1.59. The molecule has 0 unspecified atom stereocenters. The van der Waals surface area contributed by atoms with Crippen molar-refractivity contribution in [2.45, 2.75) is 19.9 Å². The minimum absolute atomic E-state index is 0.216. The van der Waals surface area contributed by atoms with E-state index in [1.165, 1.54) is 11.3 Å². The Kier molecular flexibility index (Phi) is 6.09.